The highest BCUT2D eigenvalue weighted by Gasteiger charge is 2.24. The third-order valence-electron chi connectivity index (χ3n) is 4.35. The van der Waals surface area contributed by atoms with Crippen LogP contribution in [0.2, 0.25) is 0 Å². The summed E-state index contributed by atoms with van der Waals surface area (Å²) in [6, 6.07) is 7.18. The topological polar surface area (TPSA) is 121 Å². The Morgan fingerprint density at radius 1 is 1.21 bits per heavy atom. The van der Waals surface area contributed by atoms with Crippen molar-refractivity contribution in [3.63, 3.8) is 0 Å². The van der Waals surface area contributed by atoms with Crippen LogP contribution >= 0.6 is 0 Å². The van der Waals surface area contributed by atoms with E-state index in [4.69, 9.17) is 14.0 Å². The molecule has 0 saturated heterocycles. The maximum atomic E-state index is 12.6. The van der Waals surface area contributed by atoms with Crippen LogP contribution in [0.15, 0.2) is 45.8 Å². The number of hydrogen-bond donors (Lipinski definition) is 2. The van der Waals surface area contributed by atoms with E-state index >= 15 is 0 Å². The molecule has 0 fully saturated rings. The molecule has 29 heavy (non-hydrogen) atoms. The molecule has 3 heterocycles. The van der Waals surface area contributed by atoms with Gasteiger partial charge in [-0.2, -0.15) is 4.98 Å². The first-order valence-electron chi connectivity index (χ1n) is 8.94. The van der Waals surface area contributed by atoms with Crippen molar-refractivity contribution in [2.24, 2.45) is 7.05 Å². The van der Waals surface area contributed by atoms with Gasteiger partial charge in [0.2, 0.25) is 5.89 Å². The number of hydrogen-bond acceptors (Lipinski definition) is 7. The van der Waals surface area contributed by atoms with Gasteiger partial charge in [-0.1, -0.05) is 11.2 Å². The van der Waals surface area contributed by atoms with Crippen LogP contribution in [-0.4, -0.2) is 34.0 Å². The number of anilines is 1. The third-order valence-corrected chi connectivity index (χ3v) is 4.35. The Morgan fingerprint density at radius 2 is 2.00 bits per heavy atom. The lowest BCUT2D eigenvalue weighted by Gasteiger charge is -2.21. The first-order chi connectivity index (χ1) is 14.0. The number of amides is 2. The van der Waals surface area contributed by atoms with Crippen molar-refractivity contribution in [1.29, 1.82) is 0 Å². The van der Waals surface area contributed by atoms with Crippen molar-refractivity contribution in [2.45, 2.75) is 13.0 Å². The van der Waals surface area contributed by atoms with Crippen LogP contribution in [0.1, 0.15) is 23.3 Å². The number of aromatic nitrogens is 3. The summed E-state index contributed by atoms with van der Waals surface area (Å²) in [6.07, 6.45) is 1.60. The van der Waals surface area contributed by atoms with Crippen LogP contribution in [0.4, 0.5) is 10.5 Å². The molecule has 0 radical (unpaired) electrons. The minimum atomic E-state index is -0.726. The fourth-order valence-electron chi connectivity index (χ4n) is 2.95. The van der Waals surface area contributed by atoms with Crippen molar-refractivity contribution in [3.05, 3.63) is 64.2 Å². The Balaban J connectivity index is 1.62. The van der Waals surface area contributed by atoms with Crippen LogP contribution in [0.25, 0.3) is 0 Å². The van der Waals surface area contributed by atoms with E-state index in [1.165, 1.54) is 10.6 Å². The van der Waals surface area contributed by atoms with Crippen LogP contribution in [0.3, 0.4) is 0 Å². The SMILES string of the molecule is Cc1nc([C@H](NC(=O)Nc2cccn(C)c2=O)c2ccc3c(c2)OCCO3)no1. The third kappa shape index (κ3) is 3.91. The summed E-state index contributed by atoms with van der Waals surface area (Å²) >= 11 is 0. The van der Waals surface area contributed by atoms with Gasteiger partial charge in [-0.05, 0) is 29.8 Å². The molecular formula is C19H19N5O5. The lowest BCUT2D eigenvalue weighted by Crippen LogP contribution is -2.36. The van der Waals surface area contributed by atoms with Crippen LogP contribution in [-0.2, 0) is 7.05 Å². The second kappa shape index (κ2) is 7.66. The minimum absolute atomic E-state index is 0.151. The van der Waals surface area contributed by atoms with Crippen LogP contribution in [0.5, 0.6) is 11.5 Å². The molecule has 1 atom stereocenters. The highest BCUT2D eigenvalue weighted by atomic mass is 16.6. The van der Waals surface area contributed by atoms with E-state index in [9.17, 15) is 9.59 Å². The average Bonchev–Trinajstić information content (AvgIpc) is 3.15. The first kappa shape index (κ1) is 18.5. The number of pyridine rings is 1. The fourth-order valence-corrected chi connectivity index (χ4v) is 2.95. The van der Waals surface area contributed by atoms with Gasteiger partial charge in [0.1, 0.15) is 24.9 Å². The molecule has 2 amide bonds. The number of carbonyl (C=O) groups excluding carboxylic acids is 1. The predicted octanol–water partition coefficient (Wildman–Crippen LogP) is 1.76. The average molecular weight is 397 g/mol. The molecule has 0 unspecified atom stereocenters. The second-order valence-corrected chi connectivity index (χ2v) is 6.44. The van der Waals surface area contributed by atoms with E-state index in [1.54, 1.807) is 44.4 Å². The van der Waals surface area contributed by atoms with Crippen molar-refractivity contribution in [3.8, 4) is 11.5 Å². The number of ether oxygens (including phenoxy) is 2. The molecule has 1 aliphatic rings. The minimum Gasteiger partial charge on any atom is -0.486 e. The Morgan fingerprint density at radius 3 is 2.76 bits per heavy atom. The molecule has 0 saturated carbocycles. The molecule has 2 N–H and O–H groups in total. The number of aryl methyl sites for hydroxylation is 2. The molecule has 0 bridgehead atoms. The number of benzene rings is 1. The fraction of sp³-hybridized carbons (Fsp3) is 0.263. The van der Waals surface area contributed by atoms with Gasteiger partial charge in [0.25, 0.3) is 5.56 Å². The van der Waals surface area contributed by atoms with Crippen LogP contribution < -0.4 is 25.7 Å². The molecule has 1 aliphatic heterocycles. The number of urea groups is 1. The number of fused-ring (bicyclic) bond motifs is 1. The Labute approximate surface area is 165 Å². The van der Waals surface area contributed by atoms with Crippen molar-refractivity contribution >= 4 is 11.7 Å². The van der Waals surface area contributed by atoms with E-state index in [1.807, 2.05) is 0 Å². The summed E-state index contributed by atoms with van der Waals surface area (Å²) in [6.45, 7) is 2.57. The molecule has 3 aromatic rings. The quantitative estimate of drug-likeness (QED) is 0.688. The van der Waals surface area contributed by atoms with Gasteiger partial charge in [-0.15, -0.1) is 0 Å². The zero-order valence-corrected chi connectivity index (χ0v) is 15.8. The van der Waals surface area contributed by atoms with E-state index in [0.29, 0.717) is 36.2 Å². The highest BCUT2D eigenvalue weighted by molar-refractivity contribution is 5.89. The number of nitrogens with zero attached hydrogens (tertiary/aromatic N) is 3. The molecule has 1 aromatic carbocycles. The predicted molar refractivity (Wildman–Crippen MR) is 102 cm³/mol. The Bertz CT molecular complexity index is 1110. The summed E-state index contributed by atoms with van der Waals surface area (Å²) in [5.41, 5.74) is 0.498. The first-order valence-corrected chi connectivity index (χ1v) is 8.94. The highest BCUT2D eigenvalue weighted by Crippen LogP contribution is 2.33. The normalized spacial score (nSPS) is 13.6. The van der Waals surface area contributed by atoms with Crippen molar-refractivity contribution < 1.29 is 18.8 Å². The molecule has 0 aliphatic carbocycles. The largest absolute Gasteiger partial charge is 0.486 e. The van der Waals surface area contributed by atoms with Crippen LogP contribution in [0, 0.1) is 6.92 Å². The van der Waals surface area contributed by atoms with Gasteiger partial charge in [-0.25, -0.2) is 4.79 Å². The molecule has 4 rings (SSSR count). The van der Waals surface area contributed by atoms with E-state index in [-0.39, 0.29) is 17.1 Å². The maximum absolute atomic E-state index is 12.6. The lowest BCUT2D eigenvalue weighted by molar-refractivity contribution is 0.171. The summed E-state index contributed by atoms with van der Waals surface area (Å²) in [7, 11) is 1.60. The second-order valence-electron chi connectivity index (χ2n) is 6.44. The Kier molecular flexibility index (Phi) is 4.90. The van der Waals surface area contributed by atoms with Gasteiger partial charge >= 0.3 is 6.03 Å². The molecule has 10 nitrogen and oxygen atoms in total. The van der Waals surface area contributed by atoms with Crippen molar-refractivity contribution in [2.75, 3.05) is 18.5 Å². The number of nitrogens with one attached hydrogen (secondary N) is 2. The monoisotopic (exact) mass is 397 g/mol. The van der Waals surface area contributed by atoms with E-state index < -0.39 is 12.1 Å². The zero-order valence-electron chi connectivity index (χ0n) is 15.8. The Hall–Kier alpha value is -3.82. The van der Waals surface area contributed by atoms with E-state index in [2.05, 4.69) is 20.8 Å². The molecule has 150 valence electrons. The van der Waals surface area contributed by atoms with Gasteiger partial charge in [-0.3, -0.25) is 4.79 Å². The van der Waals surface area contributed by atoms with E-state index in [0.717, 1.165) is 0 Å². The summed E-state index contributed by atoms with van der Waals surface area (Å²) in [4.78, 5) is 29.0. The maximum Gasteiger partial charge on any atom is 0.320 e. The smallest absolute Gasteiger partial charge is 0.320 e. The standard InChI is InChI=1S/C19H19N5O5/c1-11-20-17(23-29-11)16(12-5-6-14-15(10-12)28-9-8-27-14)22-19(26)21-13-4-3-7-24(2)18(13)25/h3-7,10,16H,8-9H2,1-2H3,(H2,21,22,26)/t16-/m1/s1. The number of rotatable bonds is 4. The zero-order chi connectivity index (χ0) is 20.4. The summed E-state index contributed by atoms with van der Waals surface area (Å²) in [5.74, 6) is 1.83. The summed E-state index contributed by atoms with van der Waals surface area (Å²) in [5, 5.41) is 9.28. The van der Waals surface area contributed by atoms with Gasteiger partial charge in [0, 0.05) is 20.2 Å². The van der Waals surface area contributed by atoms with Gasteiger partial charge in [0.15, 0.2) is 17.3 Å². The summed E-state index contributed by atoms with van der Waals surface area (Å²) < 4.78 is 17.6. The molecule has 2 aromatic heterocycles. The molecule has 10 heteroatoms. The van der Waals surface area contributed by atoms with Gasteiger partial charge < -0.3 is 29.2 Å². The molecular weight excluding hydrogens is 378 g/mol. The number of carbonyl (C=O) groups is 1. The van der Waals surface area contributed by atoms with Gasteiger partial charge in [0.05, 0.1) is 0 Å². The lowest BCUT2D eigenvalue weighted by atomic mass is 10.1. The van der Waals surface area contributed by atoms with Crippen molar-refractivity contribution in [1.82, 2.24) is 20.0 Å². The molecule has 0 spiro atoms.